The molecule has 2 N–H and O–H groups in total. The van der Waals surface area contributed by atoms with Gasteiger partial charge in [-0.1, -0.05) is 0 Å². The molecular weight excluding hydrogens is 214 g/mol. The zero-order valence-corrected chi connectivity index (χ0v) is 11.0. The maximum absolute atomic E-state index is 4.49. The summed E-state index contributed by atoms with van der Waals surface area (Å²) in [6.07, 6.45) is 6.05. The van der Waals surface area contributed by atoms with Crippen molar-refractivity contribution in [3.8, 4) is 0 Å². The smallest absolute Gasteiger partial charge is 0.191 e. The van der Waals surface area contributed by atoms with Gasteiger partial charge in [0, 0.05) is 32.9 Å². The first-order chi connectivity index (χ1) is 8.26. The molecule has 0 bridgehead atoms. The molecule has 5 heteroatoms. The van der Waals surface area contributed by atoms with Gasteiger partial charge in [0.1, 0.15) is 0 Å². The largest absolute Gasteiger partial charge is 0.357 e. The molecule has 0 amide bonds. The lowest BCUT2D eigenvalue weighted by Gasteiger charge is -2.08. The molecule has 96 valence electrons. The number of aliphatic imine (C=N–C) groups is 1. The van der Waals surface area contributed by atoms with Gasteiger partial charge in [0.15, 0.2) is 5.96 Å². The predicted molar refractivity (Wildman–Crippen MR) is 71.2 cm³/mol. The fourth-order valence-corrected chi connectivity index (χ4v) is 1.58. The third-order valence-electron chi connectivity index (χ3n) is 2.34. The molecule has 0 radical (unpaired) electrons. The number of nitrogens with one attached hydrogen (secondary N) is 2. The summed E-state index contributed by atoms with van der Waals surface area (Å²) < 4.78 is 1.83. The van der Waals surface area contributed by atoms with Gasteiger partial charge in [-0.2, -0.15) is 5.10 Å². The average molecular weight is 237 g/mol. The number of rotatable bonds is 6. The number of hydrogen-bond acceptors (Lipinski definition) is 2. The van der Waals surface area contributed by atoms with Crippen LogP contribution in [0.25, 0.3) is 0 Å². The average Bonchev–Trinajstić information content (AvgIpc) is 2.71. The van der Waals surface area contributed by atoms with E-state index in [1.54, 1.807) is 0 Å². The van der Waals surface area contributed by atoms with Crippen LogP contribution in [0.4, 0.5) is 0 Å². The molecule has 0 spiro atoms. The molecule has 5 nitrogen and oxygen atoms in total. The van der Waals surface area contributed by atoms with E-state index < -0.39 is 0 Å². The van der Waals surface area contributed by atoms with Crippen LogP contribution >= 0.6 is 0 Å². The number of aromatic nitrogens is 2. The molecule has 0 fully saturated rings. The molecule has 0 aromatic carbocycles. The van der Waals surface area contributed by atoms with Crippen LogP contribution in [0, 0.1) is 0 Å². The summed E-state index contributed by atoms with van der Waals surface area (Å²) in [5.41, 5.74) is 1.27. The number of aryl methyl sites for hydroxylation is 2. The fraction of sp³-hybridized carbons (Fsp3) is 0.667. The van der Waals surface area contributed by atoms with E-state index in [0.29, 0.717) is 0 Å². The molecule has 1 aromatic rings. The number of nitrogens with zero attached hydrogens (tertiary/aromatic N) is 3. The highest BCUT2D eigenvalue weighted by atomic mass is 15.2. The molecular formula is C12H23N5. The second-order valence-electron chi connectivity index (χ2n) is 3.92. The van der Waals surface area contributed by atoms with Gasteiger partial charge in [-0.25, -0.2) is 0 Å². The van der Waals surface area contributed by atoms with Gasteiger partial charge in [0.05, 0.1) is 6.20 Å². The maximum Gasteiger partial charge on any atom is 0.191 e. The Hall–Kier alpha value is -1.52. The predicted octanol–water partition coefficient (Wildman–Crippen LogP) is 0.928. The van der Waals surface area contributed by atoms with E-state index in [-0.39, 0.29) is 0 Å². The van der Waals surface area contributed by atoms with E-state index in [4.69, 9.17) is 0 Å². The van der Waals surface area contributed by atoms with Crippen molar-refractivity contribution in [2.75, 3.05) is 19.6 Å². The molecule has 1 aromatic heterocycles. The third kappa shape index (κ3) is 5.38. The quantitative estimate of drug-likeness (QED) is 0.439. The number of hydrogen-bond donors (Lipinski definition) is 2. The minimum absolute atomic E-state index is 0.838. The first kappa shape index (κ1) is 13.5. The Morgan fingerprint density at radius 1 is 1.35 bits per heavy atom. The monoisotopic (exact) mass is 237 g/mol. The van der Waals surface area contributed by atoms with Crippen molar-refractivity contribution in [2.45, 2.75) is 26.7 Å². The zero-order chi connectivity index (χ0) is 12.5. The molecule has 1 rings (SSSR count). The Bertz CT molecular complexity index is 334. The SMILES string of the molecule is CCNC(=NCCCc1cnn(C)c1)NCC. The summed E-state index contributed by atoms with van der Waals surface area (Å²) in [6, 6.07) is 0. The van der Waals surface area contributed by atoms with Crippen LogP contribution in [0.15, 0.2) is 17.4 Å². The summed E-state index contributed by atoms with van der Waals surface area (Å²) in [7, 11) is 1.94. The molecule has 17 heavy (non-hydrogen) atoms. The van der Waals surface area contributed by atoms with E-state index in [1.807, 2.05) is 17.9 Å². The van der Waals surface area contributed by atoms with Crippen LogP contribution in [0.5, 0.6) is 0 Å². The van der Waals surface area contributed by atoms with Crippen molar-refractivity contribution >= 4 is 5.96 Å². The Morgan fingerprint density at radius 3 is 2.59 bits per heavy atom. The van der Waals surface area contributed by atoms with Crippen LogP contribution in [0.1, 0.15) is 25.8 Å². The normalized spacial score (nSPS) is 10.1. The zero-order valence-electron chi connectivity index (χ0n) is 11.0. The van der Waals surface area contributed by atoms with Gasteiger partial charge in [0.25, 0.3) is 0 Å². The molecule has 0 atom stereocenters. The summed E-state index contributed by atoms with van der Waals surface area (Å²) >= 11 is 0. The lowest BCUT2D eigenvalue weighted by Crippen LogP contribution is -2.37. The van der Waals surface area contributed by atoms with Gasteiger partial charge < -0.3 is 10.6 Å². The minimum atomic E-state index is 0.838. The highest BCUT2D eigenvalue weighted by Gasteiger charge is 1.97. The molecule has 0 saturated carbocycles. The second kappa shape index (κ2) is 7.70. The molecule has 1 heterocycles. The van der Waals surface area contributed by atoms with Crippen LogP contribution < -0.4 is 10.6 Å². The Balaban J connectivity index is 2.27. The molecule has 0 saturated heterocycles. The van der Waals surface area contributed by atoms with Gasteiger partial charge >= 0.3 is 0 Å². The summed E-state index contributed by atoms with van der Waals surface area (Å²) in [5, 5.41) is 10.6. The molecule has 0 aliphatic rings. The fourth-order valence-electron chi connectivity index (χ4n) is 1.58. The van der Waals surface area contributed by atoms with E-state index >= 15 is 0 Å². The summed E-state index contributed by atoms with van der Waals surface area (Å²) in [6.45, 7) is 6.78. The van der Waals surface area contributed by atoms with Crippen molar-refractivity contribution in [3.05, 3.63) is 18.0 Å². The van der Waals surface area contributed by atoms with Gasteiger partial charge in [-0.15, -0.1) is 0 Å². The standard InChI is InChI=1S/C12H23N5/c1-4-13-12(14-5-2)15-8-6-7-11-9-16-17(3)10-11/h9-10H,4-8H2,1-3H3,(H2,13,14,15). The van der Waals surface area contributed by atoms with Crippen LogP contribution in [0.2, 0.25) is 0 Å². The van der Waals surface area contributed by atoms with Gasteiger partial charge in [-0.05, 0) is 32.3 Å². The van der Waals surface area contributed by atoms with Crippen molar-refractivity contribution in [2.24, 2.45) is 12.0 Å². The van der Waals surface area contributed by atoms with Gasteiger partial charge in [0.2, 0.25) is 0 Å². The van der Waals surface area contributed by atoms with Gasteiger partial charge in [-0.3, -0.25) is 9.67 Å². The highest BCUT2D eigenvalue weighted by Crippen LogP contribution is 2.00. The van der Waals surface area contributed by atoms with Crippen LogP contribution in [-0.4, -0.2) is 35.4 Å². The van der Waals surface area contributed by atoms with E-state index in [1.165, 1.54) is 5.56 Å². The Morgan fingerprint density at radius 2 is 2.06 bits per heavy atom. The van der Waals surface area contributed by atoms with Crippen molar-refractivity contribution in [3.63, 3.8) is 0 Å². The van der Waals surface area contributed by atoms with Crippen molar-refractivity contribution in [1.82, 2.24) is 20.4 Å². The number of guanidine groups is 1. The lowest BCUT2D eigenvalue weighted by atomic mass is 10.2. The van der Waals surface area contributed by atoms with E-state index in [2.05, 4.69) is 40.8 Å². The Kier molecular flexibility index (Phi) is 6.14. The van der Waals surface area contributed by atoms with Crippen molar-refractivity contribution in [1.29, 1.82) is 0 Å². The van der Waals surface area contributed by atoms with E-state index in [9.17, 15) is 0 Å². The maximum atomic E-state index is 4.49. The molecule has 0 aliphatic carbocycles. The first-order valence-corrected chi connectivity index (χ1v) is 6.26. The summed E-state index contributed by atoms with van der Waals surface area (Å²) in [4.78, 5) is 4.49. The van der Waals surface area contributed by atoms with E-state index in [0.717, 1.165) is 38.4 Å². The Labute approximate surface area is 103 Å². The molecule has 0 unspecified atom stereocenters. The van der Waals surface area contributed by atoms with Crippen LogP contribution in [-0.2, 0) is 13.5 Å². The summed E-state index contributed by atoms with van der Waals surface area (Å²) in [5.74, 6) is 0.904. The topological polar surface area (TPSA) is 54.2 Å². The highest BCUT2D eigenvalue weighted by molar-refractivity contribution is 5.79. The molecule has 0 aliphatic heterocycles. The van der Waals surface area contributed by atoms with Crippen molar-refractivity contribution < 1.29 is 0 Å². The lowest BCUT2D eigenvalue weighted by molar-refractivity contribution is 0.764. The second-order valence-corrected chi connectivity index (χ2v) is 3.92. The van der Waals surface area contributed by atoms with Crippen LogP contribution in [0.3, 0.4) is 0 Å². The first-order valence-electron chi connectivity index (χ1n) is 6.26. The minimum Gasteiger partial charge on any atom is -0.357 e. The third-order valence-corrected chi connectivity index (χ3v) is 2.34.